The normalized spacial score (nSPS) is 21.7. The fourth-order valence-electron chi connectivity index (χ4n) is 1.96. The number of hydrogen-bond donors (Lipinski definition) is 0. The lowest BCUT2D eigenvalue weighted by molar-refractivity contribution is -0.135. The first kappa shape index (κ1) is 13.4. The molecule has 0 aromatic heterocycles. The quantitative estimate of drug-likeness (QED) is 0.631. The summed E-state index contributed by atoms with van der Waals surface area (Å²) in [4.78, 5) is 11.7. The van der Waals surface area contributed by atoms with E-state index in [4.69, 9.17) is 16.3 Å². The van der Waals surface area contributed by atoms with Crippen molar-refractivity contribution in [2.75, 3.05) is 11.5 Å². The van der Waals surface area contributed by atoms with Crippen molar-refractivity contribution in [1.29, 1.82) is 0 Å². The first-order chi connectivity index (χ1) is 8.46. The van der Waals surface area contributed by atoms with Gasteiger partial charge in [0, 0.05) is 6.42 Å². The highest BCUT2D eigenvalue weighted by Crippen LogP contribution is 2.26. The van der Waals surface area contributed by atoms with E-state index in [1.54, 1.807) is 24.3 Å². The number of carbonyl (C=O) groups is 1. The Morgan fingerprint density at radius 2 is 2.11 bits per heavy atom. The molecule has 0 unspecified atom stereocenters. The van der Waals surface area contributed by atoms with Crippen LogP contribution in [0.1, 0.15) is 12.8 Å². The number of hydrogen-bond acceptors (Lipinski definition) is 4. The SMILES string of the molecule is O=C(C[C@H]1CCS(=O)(=O)C1)Oc1ccccc1Cl. The van der Waals surface area contributed by atoms with Gasteiger partial charge in [0.15, 0.2) is 9.84 Å². The van der Waals surface area contributed by atoms with Gasteiger partial charge < -0.3 is 4.74 Å². The van der Waals surface area contributed by atoms with Crippen LogP contribution in [0.4, 0.5) is 0 Å². The molecule has 0 spiro atoms. The first-order valence-electron chi connectivity index (χ1n) is 5.62. The van der Waals surface area contributed by atoms with Crippen molar-refractivity contribution in [2.24, 2.45) is 5.92 Å². The van der Waals surface area contributed by atoms with E-state index >= 15 is 0 Å². The summed E-state index contributed by atoms with van der Waals surface area (Å²) in [5.74, 6) is -0.0259. The van der Waals surface area contributed by atoms with Gasteiger partial charge >= 0.3 is 5.97 Å². The molecule has 0 N–H and O–H groups in total. The molecule has 0 bridgehead atoms. The predicted molar refractivity (Wildman–Crippen MR) is 68.5 cm³/mol. The van der Waals surface area contributed by atoms with E-state index in [0.717, 1.165) is 0 Å². The monoisotopic (exact) mass is 288 g/mol. The highest BCUT2D eigenvalue weighted by molar-refractivity contribution is 7.91. The van der Waals surface area contributed by atoms with Crippen LogP contribution in [0.5, 0.6) is 5.75 Å². The van der Waals surface area contributed by atoms with Gasteiger partial charge in [-0.25, -0.2) is 8.42 Å². The summed E-state index contributed by atoms with van der Waals surface area (Å²) in [6.07, 6.45) is 0.643. The lowest BCUT2D eigenvalue weighted by atomic mass is 10.1. The van der Waals surface area contributed by atoms with Crippen molar-refractivity contribution in [1.82, 2.24) is 0 Å². The molecular weight excluding hydrogens is 276 g/mol. The number of sulfone groups is 1. The van der Waals surface area contributed by atoms with Gasteiger partial charge in [0.2, 0.25) is 0 Å². The smallest absolute Gasteiger partial charge is 0.311 e. The van der Waals surface area contributed by atoms with Gasteiger partial charge in [-0.1, -0.05) is 23.7 Å². The van der Waals surface area contributed by atoms with Gasteiger partial charge in [-0.15, -0.1) is 0 Å². The summed E-state index contributed by atoms with van der Waals surface area (Å²) >= 11 is 5.86. The number of ether oxygens (including phenoxy) is 1. The van der Waals surface area contributed by atoms with Crippen molar-refractivity contribution in [3.05, 3.63) is 29.3 Å². The van der Waals surface area contributed by atoms with Crippen LogP contribution in [0.3, 0.4) is 0 Å². The molecule has 1 aliphatic heterocycles. The zero-order valence-electron chi connectivity index (χ0n) is 9.63. The predicted octanol–water partition coefficient (Wildman–Crippen LogP) is 2.07. The van der Waals surface area contributed by atoms with Crippen LogP contribution in [0.2, 0.25) is 5.02 Å². The maximum Gasteiger partial charge on any atom is 0.311 e. The molecule has 1 aromatic carbocycles. The standard InChI is InChI=1S/C12H13ClO4S/c13-10-3-1-2-4-11(10)17-12(14)7-9-5-6-18(15,16)8-9/h1-4,9H,5-8H2/t9-/m1/s1. The molecule has 0 saturated carbocycles. The van der Waals surface area contributed by atoms with E-state index in [1.165, 1.54) is 0 Å². The van der Waals surface area contributed by atoms with Crippen LogP contribution in [0.25, 0.3) is 0 Å². The van der Waals surface area contributed by atoms with E-state index in [0.29, 0.717) is 17.2 Å². The average Bonchev–Trinajstić information content (AvgIpc) is 2.61. The van der Waals surface area contributed by atoms with Crippen molar-refractivity contribution in [3.8, 4) is 5.75 Å². The molecule has 1 aromatic rings. The number of rotatable bonds is 3. The Bertz CT molecular complexity index is 553. The van der Waals surface area contributed by atoms with Gasteiger partial charge in [0.05, 0.1) is 16.5 Å². The van der Waals surface area contributed by atoms with E-state index < -0.39 is 15.8 Å². The summed E-state index contributed by atoms with van der Waals surface area (Å²) in [7, 11) is -2.96. The highest BCUT2D eigenvalue weighted by atomic mass is 35.5. The van der Waals surface area contributed by atoms with Gasteiger partial charge in [0.25, 0.3) is 0 Å². The van der Waals surface area contributed by atoms with Gasteiger partial charge in [0.1, 0.15) is 5.75 Å². The summed E-state index contributed by atoms with van der Waals surface area (Å²) < 4.78 is 27.6. The van der Waals surface area contributed by atoms with E-state index in [9.17, 15) is 13.2 Å². The Morgan fingerprint density at radius 3 is 2.72 bits per heavy atom. The Balaban J connectivity index is 1.92. The molecule has 0 aliphatic carbocycles. The molecule has 1 heterocycles. The van der Waals surface area contributed by atoms with Crippen LogP contribution < -0.4 is 4.74 Å². The Morgan fingerprint density at radius 1 is 1.39 bits per heavy atom. The van der Waals surface area contributed by atoms with Gasteiger partial charge in [-0.2, -0.15) is 0 Å². The van der Waals surface area contributed by atoms with Crippen LogP contribution >= 0.6 is 11.6 Å². The Kier molecular flexibility index (Phi) is 3.92. The topological polar surface area (TPSA) is 60.4 Å². The minimum atomic E-state index is -2.96. The van der Waals surface area contributed by atoms with E-state index in [2.05, 4.69) is 0 Å². The third kappa shape index (κ3) is 3.46. The largest absolute Gasteiger partial charge is 0.425 e. The molecule has 1 aliphatic rings. The summed E-state index contributed by atoms with van der Waals surface area (Å²) in [6, 6.07) is 6.69. The highest BCUT2D eigenvalue weighted by Gasteiger charge is 2.30. The maximum atomic E-state index is 11.7. The van der Waals surface area contributed by atoms with E-state index in [1.807, 2.05) is 0 Å². The second-order valence-electron chi connectivity index (χ2n) is 4.38. The number of halogens is 1. The number of para-hydroxylation sites is 1. The molecule has 2 rings (SSSR count). The second-order valence-corrected chi connectivity index (χ2v) is 7.01. The molecule has 1 fully saturated rings. The van der Waals surface area contributed by atoms with Crippen molar-refractivity contribution in [2.45, 2.75) is 12.8 Å². The molecule has 4 nitrogen and oxygen atoms in total. The lowest BCUT2D eigenvalue weighted by Gasteiger charge is -2.08. The molecule has 98 valence electrons. The van der Waals surface area contributed by atoms with Crippen LogP contribution in [-0.4, -0.2) is 25.9 Å². The third-order valence-electron chi connectivity index (χ3n) is 2.84. The molecule has 6 heteroatoms. The van der Waals surface area contributed by atoms with Gasteiger partial charge in [-0.3, -0.25) is 4.79 Å². The molecule has 18 heavy (non-hydrogen) atoms. The van der Waals surface area contributed by atoms with Crippen molar-refractivity contribution in [3.63, 3.8) is 0 Å². The van der Waals surface area contributed by atoms with Gasteiger partial charge in [-0.05, 0) is 24.5 Å². The van der Waals surface area contributed by atoms with E-state index in [-0.39, 0.29) is 23.8 Å². The second kappa shape index (κ2) is 5.28. The van der Waals surface area contributed by atoms with Crippen molar-refractivity contribution < 1.29 is 17.9 Å². The fourth-order valence-corrected chi connectivity index (χ4v) is 4.00. The van der Waals surface area contributed by atoms with Crippen molar-refractivity contribution >= 4 is 27.4 Å². The fraction of sp³-hybridized carbons (Fsp3) is 0.417. The third-order valence-corrected chi connectivity index (χ3v) is 4.99. The Labute approximate surface area is 111 Å². The minimum absolute atomic E-state index is 0.0740. The number of benzene rings is 1. The number of esters is 1. The summed E-state index contributed by atoms with van der Waals surface area (Å²) in [5, 5.41) is 0.366. The maximum absolute atomic E-state index is 11.7. The number of carbonyl (C=O) groups excluding carboxylic acids is 1. The zero-order chi connectivity index (χ0) is 13.2. The molecule has 1 saturated heterocycles. The van der Waals surface area contributed by atoms with Crippen LogP contribution in [0, 0.1) is 5.92 Å². The molecule has 1 atom stereocenters. The molecule has 0 radical (unpaired) electrons. The molecule has 0 amide bonds. The Hall–Kier alpha value is -1.07. The summed E-state index contributed by atoms with van der Waals surface area (Å²) in [5.41, 5.74) is 0. The van der Waals surface area contributed by atoms with Crippen LogP contribution in [0.15, 0.2) is 24.3 Å². The summed E-state index contributed by atoms with van der Waals surface area (Å²) in [6.45, 7) is 0. The average molecular weight is 289 g/mol. The first-order valence-corrected chi connectivity index (χ1v) is 7.82. The minimum Gasteiger partial charge on any atom is -0.425 e. The zero-order valence-corrected chi connectivity index (χ0v) is 11.2. The van der Waals surface area contributed by atoms with Crippen LogP contribution in [-0.2, 0) is 14.6 Å². The molecular formula is C12H13ClO4S. The lowest BCUT2D eigenvalue weighted by Crippen LogP contribution is -2.15.